The Labute approximate surface area is 115 Å². The zero-order chi connectivity index (χ0) is 14.4. The lowest BCUT2D eigenvalue weighted by molar-refractivity contribution is -0.143. The lowest BCUT2D eigenvalue weighted by atomic mass is 10.3. The van der Waals surface area contributed by atoms with Gasteiger partial charge < -0.3 is 14.3 Å². The first-order chi connectivity index (χ1) is 8.97. The summed E-state index contributed by atoms with van der Waals surface area (Å²) >= 11 is 5.93. The van der Waals surface area contributed by atoms with Gasteiger partial charge in [0.05, 0.1) is 19.2 Å². The van der Waals surface area contributed by atoms with Gasteiger partial charge in [0.1, 0.15) is 29.4 Å². The normalized spacial score (nSPS) is 9.68. The van der Waals surface area contributed by atoms with Crippen molar-refractivity contribution in [1.82, 2.24) is 0 Å². The highest BCUT2D eigenvalue weighted by molar-refractivity contribution is 6.32. The fraction of sp³-hybridized carbons (Fsp3) is 0.333. The number of carbonyl (C=O) groups excluding carboxylic acids is 2. The summed E-state index contributed by atoms with van der Waals surface area (Å²) in [5.74, 6) is -0.204. The number of hydrogen-bond donors (Lipinski definition) is 1. The summed E-state index contributed by atoms with van der Waals surface area (Å²) < 4.78 is 10.1. The molecule has 0 atom stereocenters. The van der Waals surface area contributed by atoms with E-state index in [1.54, 1.807) is 0 Å². The third-order valence-electron chi connectivity index (χ3n) is 2.14. The third kappa shape index (κ3) is 4.33. The van der Waals surface area contributed by atoms with Gasteiger partial charge in [0.25, 0.3) is 0 Å². The first-order valence-corrected chi connectivity index (χ1v) is 5.72. The minimum atomic E-state index is -0.691. The van der Waals surface area contributed by atoms with Gasteiger partial charge in [-0.2, -0.15) is 0 Å². The van der Waals surface area contributed by atoms with E-state index in [4.69, 9.17) is 25.9 Å². The first-order valence-electron chi connectivity index (χ1n) is 5.34. The van der Waals surface area contributed by atoms with Gasteiger partial charge in [-0.1, -0.05) is 11.6 Å². The van der Waals surface area contributed by atoms with E-state index in [0.717, 1.165) is 0 Å². The summed E-state index contributed by atoms with van der Waals surface area (Å²) in [5.41, 5.74) is 2.77. The second-order valence-corrected chi connectivity index (χ2v) is 4.05. The monoisotopic (exact) mass is 287 g/mol. The Kier molecular flexibility index (Phi) is 5.44. The molecule has 0 aliphatic carbocycles. The average molecular weight is 288 g/mol. The van der Waals surface area contributed by atoms with E-state index < -0.39 is 5.97 Å². The van der Waals surface area contributed by atoms with Crippen molar-refractivity contribution in [3.05, 3.63) is 17.2 Å². The van der Waals surface area contributed by atoms with Crippen LogP contribution in [0.15, 0.2) is 12.1 Å². The zero-order valence-electron chi connectivity index (χ0n) is 10.8. The van der Waals surface area contributed by atoms with Gasteiger partial charge >= 0.3 is 5.97 Å². The van der Waals surface area contributed by atoms with Crippen LogP contribution in [0.2, 0.25) is 5.02 Å². The van der Waals surface area contributed by atoms with E-state index in [0.29, 0.717) is 22.2 Å². The van der Waals surface area contributed by atoms with Gasteiger partial charge in [0.15, 0.2) is 0 Å². The van der Waals surface area contributed by atoms with Crippen LogP contribution in [0.25, 0.3) is 0 Å². The maximum absolute atomic E-state index is 11.2. The van der Waals surface area contributed by atoms with Crippen molar-refractivity contribution in [2.75, 3.05) is 19.7 Å². The largest absolute Gasteiger partial charge is 0.495 e. The Morgan fingerprint density at radius 2 is 1.84 bits per heavy atom. The quantitative estimate of drug-likeness (QED) is 0.639. The maximum atomic E-state index is 11.2. The molecule has 0 amide bonds. The number of Topliss-reactive ketones (excluding diaryl/α,β-unsaturated/α-hetero) is 1. The molecule has 1 aromatic carbocycles. The zero-order valence-corrected chi connectivity index (χ0v) is 11.5. The van der Waals surface area contributed by atoms with Gasteiger partial charge in [-0.15, -0.1) is 0 Å². The van der Waals surface area contributed by atoms with Crippen molar-refractivity contribution in [2.45, 2.75) is 13.3 Å². The molecule has 0 heterocycles. The molecule has 104 valence electrons. The van der Waals surface area contributed by atoms with Gasteiger partial charge in [-0.25, -0.2) is 10.3 Å². The van der Waals surface area contributed by atoms with E-state index in [1.165, 1.54) is 33.3 Å². The fourth-order valence-corrected chi connectivity index (χ4v) is 1.52. The summed E-state index contributed by atoms with van der Waals surface area (Å²) in [6.07, 6.45) is -0.306. The number of nitrogens with one attached hydrogen (secondary N) is 1. The average Bonchev–Trinajstić information content (AvgIpc) is 2.35. The van der Waals surface area contributed by atoms with E-state index in [9.17, 15) is 9.59 Å². The SMILES string of the molecule is COc1cc(NOC(=O)CC(C)=O)c(OC)cc1Cl. The van der Waals surface area contributed by atoms with Gasteiger partial charge in [-0.05, 0) is 6.92 Å². The van der Waals surface area contributed by atoms with Crippen LogP contribution in [0.4, 0.5) is 5.69 Å². The van der Waals surface area contributed by atoms with Crippen LogP contribution in [0.5, 0.6) is 11.5 Å². The first kappa shape index (κ1) is 15.1. The maximum Gasteiger partial charge on any atom is 0.339 e. The second kappa shape index (κ2) is 6.84. The Morgan fingerprint density at radius 3 is 2.37 bits per heavy atom. The lowest BCUT2D eigenvalue weighted by Gasteiger charge is -2.13. The molecule has 0 fully saturated rings. The van der Waals surface area contributed by atoms with Gasteiger partial charge in [-0.3, -0.25) is 4.79 Å². The van der Waals surface area contributed by atoms with Crippen LogP contribution >= 0.6 is 11.6 Å². The highest BCUT2D eigenvalue weighted by atomic mass is 35.5. The van der Waals surface area contributed by atoms with E-state index in [-0.39, 0.29) is 12.2 Å². The standard InChI is InChI=1S/C12H14ClNO5/c1-7(15)4-12(16)19-14-9-6-10(17-2)8(13)5-11(9)18-3/h5-6,14H,4H2,1-3H3. The molecule has 0 aliphatic rings. The summed E-state index contributed by atoms with van der Waals surface area (Å²) in [7, 11) is 2.90. The molecule has 1 aromatic rings. The highest BCUT2D eigenvalue weighted by Crippen LogP contribution is 2.35. The fourth-order valence-electron chi connectivity index (χ4n) is 1.29. The predicted molar refractivity (Wildman–Crippen MR) is 69.6 cm³/mol. The molecule has 1 rings (SSSR count). The summed E-state index contributed by atoms with van der Waals surface area (Å²) in [6.45, 7) is 1.30. The van der Waals surface area contributed by atoms with Crippen LogP contribution in [0.1, 0.15) is 13.3 Å². The van der Waals surface area contributed by atoms with Crippen molar-refractivity contribution < 1.29 is 23.9 Å². The van der Waals surface area contributed by atoms with E-state index >= 15 is 0 Å². The predicted octanol–water partition coefficient (Wildman–Crippen LogP) is 2.21. The van der Waals surface area contributed by atoms with Crippen molar-refractivity contribution in [3.8, 4) is 11.5 Å². The van der Waals surface area contributed by atoms with Crippen molar-refractivity contribution >= 4 is 29.0 Å². The molecular weight excluding hydrogens is 274 g/mol. The third-order valence-corrected chi connectivity index (χ3v) is 2.44. The molecule has 0 aliphatic heterocycles. The molecule has 19 heavy (non-hydrogen) atoms. The molecule has 0 unspecified atom stereocenters. The second-order valence-electron chi connectivity index (χ2n) is 3.64. The molecule has 0 saturated heterocycles. The highest BCUT2D eigenvalue weighted by Gasteiger charge is 2.12. The summed E-state index contributed by atoms with van der Waals surface area (Å²) in [5, 5.41) is 0.361. The van der Waals surface area contributed by atoms with E-state index in [2.05, 4.69) is 5.48 Å². The Hall–Kier alpha value is -1.95. The molecular formula is C12H14ClNO5. The molecule has 0 bridgehead atoms. The number of ether oxygens (including phenoxy) is 2. The number of anilines is 1. The van der Waals surface area contributed by atoms with Crippen LogP contribution in [0, 0.1) is 0 Å². The summed E-state index contributed by atoms with van der Waals surface area (Å²) in [6, 6.07) is 3.03. The molecule has 0 saturated carbocycles. The molecule has 7 heteroatoms. The Bertz CT molecular complexity index is 489. The van der Waals surface area contributed by atoms with Gasteiger partial charge in [0.2, 0.25) is 0 Å². The Morgan fingerprint density at radius 1 is 1.21 bits per heavy atom. The summed E-state index contributed by atoms with van der Waals surface area (Å²) in [4.78, 5) is 26.7. The Balaban J connectivity index is 2.82. The molecule has 0 aromatic heterocycles. The minimum Gasteiger partial charge on any atom is -0.495 e. The smallest absolute Gasteiger partial charge is 0.339 e. The molecule has 1 N–H and O–H groups in total. The van der Waals surface area contributed by atoms with E-state index in [1.807, 2.05) is 0 Å². The topological polar surface area (TPSA) is 73.9 Å². The van der Waals surface area contributed by atoms with Gasteiger partial charge in [0, 0.05) is 12.1 Å². The van der Waals surface area contributed by atoms with Crippen LogP contribution in [0.3, 0.4) is 0 Å². The van der Waals surface area contributed by atoms with Crippen molar-refractivity contribution in [1.29, 1.82) is 0 Å². The van der Waals surface area contributed by atoms with Crippen LogP contribution in [-0.4, -0.2) is 26.0 Å². The lowest BCUT2D eigenvalue weighted by Crippen LogP contribution is -2.13. The van der Waals surface area contributed by atoms with Crippen LogP contribution in [-0.2, 0) is 14.4 Å². The van der Waals surface area contributed by atoms with Crippen molar-refractivity contribution in [2.24, 2.45) is 0 Å². The van der Waals surface area contributed by atoms with Crippen LogP contribution < -0.4 is 15.0 Å². The minimum absolute atomic E-state index is 0.285. The number of hydrogen-bond acceptors (Lipinski definition) is 6. The number of methoxy groups -OCH3 is 2. The molecule has 0 radical (unpaired) electrons. The number of rotatable bonds is 6. The number of halogens is 1. The van der Waals surface area contributed by atoms with Crippen molar-refractivity contribution in [3.63, 3.8) is 0 Å². The number of carbonyl (C=O) groups is 2. The number of ketones is 1. The molecule has 6 nitrogen and oxygen atoms in total. The number of benzene rings is 1. The molecule has 0 spiro atoms.